The molecule has 2 aromatic carbocycles. The van der Waals surface area contributed by atoms with Crippen molar-refractivity contribution in [1.82, 2.24) is 9.78 Å². The van der Waals surface area contributed by atoms with Crippen LogP contribution in [0.5, 0.6) is 5.75 Å². The molecule has 1 heterocycles. The van der Waals surface area contributed by atoms with Crippen molar-refractivity contribution in [2.24, 2.45) is 5.73 Å². The van der Waals surface area contributed by atoms with Crippen LogP contribution < -0.4 is 15.8 Å². The molecule has 2 amide bonds. The number of nitrogens with two attached hydrogens (primary N) is 1. The molecule has 3 aromatic rings. The second-order valence-electron chi connectivity index (χ2n) is 5.80. The van der Waals surface area contributed by atoms with E-state index in [0.717, 1.165) is 6.08 Å². The number of halogens is 1. The number of nitrogens with one attached hydrogen (secondary N) is 1. The Bertz CT molecular complexity index is 1080. The van der Waals surface area contributed by atoms with Gasteiger partial charge >= 0.3 is 0 Å². The highest BCUT2D eigenvalue weighted by atomic mass is 19.1. The SMILES string of the molecule is C=CC(=O)Nc1cccc(-n2cc(-c3ccc(C(N)=O)c(OC)c3)c(F)n2)c1. The van der Waals surface area contributed by atoms with Gasteiger partial charge in [0, 0.05) is 11.9 Å². The minimum atomic E-state index is -0.700. The van der Waals surface area contributed by atoms with Crippen molar-refractivity contribution in [2.45, 2.75) is 0 Å². The zero-order valence-electron chi connectivity index (χ0n) is 15.0. The van der Waals surface area contributed by atoms with E-state index in [-0.39, 0.29) is 22.8 Å². The molecule has 0 saturated carbocycles. The molecule has 3 N–H and O–H groups in total. The van der Waals surface area contributed by atoms with Gasteiger partial charge in [-0.15, -0.1) is 5.10 Å². The van der Waals surface area contributed by atoms with E-state index in [4.69, 9.17) is 10.5 Å². The van der Waals surface area contributed by atoms with Gasteiger partial charge < -0.3 is 15.8 Å². The number of nitrogens with zero attached hydrogens (tertiary/aromatic N) is 2. The molecule has 0 fully saturated rings. The Morgan fingerprint density at radius 2 is 2.07 bits per heavy atom. The van der Waals surface area contributed by atoms with Gasteiger partial charge in [-0.05, 0) is 42.0 Å². The van der Waals surface area contributed by atoms with E-state index in [0.29, 0.717) is 16.9 Å². The number of carbonyl (C=O) groups excluding carboxylic acids is 2. The zero-order valence-corrected chi connectivity index (χ0v) is 15.0. The summed E-state index contributed by atoms with van der Waals surface area (Å²) in [6, 6.07) is 11.3. The lowest BCUT2D eigenvalue weighted by molar-refractivity contribution is -0.111. The van der Waals surface area contributed by atoms with E-state index < -0.39 is 11.9 Å². The Hall–Kier alpha value is -3.94. The first-order valence-electron chi connectivity index (χ1n) is 8.20. The molecule has 0 aliphatic heterocycles. The molecule has 1 aromatic heterocycles. The first-order chi connectivity index (χ1) is 13.4. The van der Waals surface area contributed by atoms with E-state index in [1.165, 1.54) is 30.1 Å². The summed E-state index contributed by atoms with van der Waals surface area (Å²) in [5.41, 5.74) is 7.26. The van der Waals surface area contributed by atoms with Gasteiger partial charge in [-0.2, -0.15) is 4.39 Å². The number of hydrogen-bond acceptors (Lipinski definition) is 4. The van der Waals surface area contributed by atoms with Gasteiger partial charge in [0.2, 0.25) is 11.9 Å². The van der Waals surface area contributed by atoms with Crippen LogP contribution in [-0.4, -0.2) is 28.7 Å². The molecule has 0 aliphatic rings. The predicted molar refractivity (Wildman–Crippen MR) is 103 cm³/mol. The van der Waals surface area contributed by atoms with Crippen LogP contribution in [0, 0.1) is 5.95 Å². The molecule has 3 rings (SSSR count). The average Bonchev–Trinajstić information content (AvgIpc) is 3.09. The van der Waals surface area contributed by atoms with E-state index in [2.05, 4.69) is 17.0 Å². The fraction of sp³-hybridized carbons (Fsp3) is 0.0500. The van der Waals surface area contributed by atoms with Gasteiger partial charge in [0.15, 0.2) is 0 Å². The van der Waals surface area contributed by atoms with Crippen LogP contribution in [0.1, 0.15) is 10.4 Å². The standard InChI is InChI=1S/C20H17FN4O3/c1-3-18(26)23-13-5-4-6-14(10-13)25-11-16(19(21)24-25)12-7-8-15(20(22)27)17(9-12)28-2/h3-11H,1H2,2H3,(H2,22,27)(H,23,26). The maximum absolute atomic E-state index is 14.5. The predicted octanol–water partition coefficient (Wildman–Crippen LogP) is 2.91. The second-order valence-corrected chi connectivity index (χ2v) is 5.80. The van der Waals surface area contributed by atoms with Crippen molar-refractivity contribution in [2.75, 3.05) is 12.4 Å². The molecular weight excluding hydrogens is 363 g/mol. The number of amides is 2. The van der Waals surface area contributed by atoms with Crippen LogP contribution in [0.15, 0.2) is 61.3 Å². The fourth-order valence-corrected chi connectivity index (χ4v) is 2.66. The first kappa shape index (κ1) is 18.8. The van der Waals surface area contributed by atoms with Crippen molar-refractivity contribution in [3.05, 3.63) is 72.8 Å². The number of hydrogen-bond donors (Lipinski definition) is 2. The van der Waals surface area contributed by atoms with Gasteiger partial charge in [0.05, 0.1) is 23.9 Å². The molecule has 7 nitrogen and oxygen atoms in total. The first-order valence-corrected chi connectivity index (χ1v) is 8.20. The summed E-state index contributed by atoms with van der Waals surface area (Å²) in [7, 11) is 1.40. The van der Waals surface area contributed by atoms with Crippen LogP contribution in [-0.2, 0) is 4.79 Å². The van der Waals surface area contributed by atoms with Gasteiger partial charge in [0.25, 0.3) is 5.91 Å². The summed E-state index contributed by atoms with van der Waals surface area (Å²) in [5.74, 6) is -1.45. The third-order valence-corrected chi connectivity index (χ3v) is 4.01. The largest absolute Gasteiger partial charge is 0.496 e. The van der Waals surface area contributed by atoms with E-state index >= 15 is 0 Å². The van der Waals surface area contributed by atoms with Crippen LogP contribution in [0.4, 0.5) is 10.1 Å². The lowest BCUT2D eigenvalue weighted by atomic mass is 10.1. The Morgan fingerprint density at radius 1 is 1.29 bits per heavy atom. The Kier molecular flexibility index (Phi) is 5.21. The molecule has 0 atom stereocenters. The smallest absolute Gasteiger partial charge is 0.252 e. The maximum atomic E-state index is 14.5. The van der Waals surface area contributed by atoms with Crippen molar-refractivity contribution in [3.8, 4) is 22.6 Å². The minimum absolute atomic E-state index is 0.199. The Morgan fingerprint density at radius 3 is 2.75 bits per heavy atom. The van der Waals surface area contributed by atoms with Crippen LogP contribution in [0.25, 0.3) is 16.8 Å². The van der Waals surface area contributed by atoms with E-state index in [1.54, 1.807) is 30.3 Å². The number of methoxy groups -OCH3 is 1. The third-order valence-electron chi connectivity index (χ3n) is 4.01. The summed E-state index contributed by atoms with van der Waals surface area (Å²) in [6.07, 6.45) is 2.66. The summed E-state index contributed by atoms with van der Waals surface area (Å²) in [4.78, 5) is 22.9. The van der Waals surface area contributed by atoms with Gasteiger partial charge in [0.1, 0.15) is 5.75 Å². The summed E-state index contributed by atoms with van der Waals surface area (Å²) < 4.78 is 21.0. The minimum Gasteiger partial charge on any atom is -0.496 e. The van der Waals surface area contributed by atoms with Crippen molar-refractivity contribution in [3.63, 3.8) is 0 Å². The van der Waals surface area contributed by atoms with Crippen molar-refractivity contribution < 1.29 is 18.7 Å². The second kappa shape index (κ2) is 7.75. The fourth-order valence-electron chi connectivity index (χ4n) is 2.66. The highest BCUT2D eigenvalue weighted by molar-refractivity contribution is 5.99. The molecular formula is C20H17FN4O3. The summed E-state index contributed by atoms with van der Waals surface area (Å²) in [5, 5.41) is 6.53. The molecule has 0 bridgehead atoms. The number of anilines is 1. The maximum Gasteiger partial charge on any atom is 0.252 e. The van der Waals surface area contributed by atoms with Gasteiger partial charge in [-0.3, -0.25) is 9.59 Å². The van der Waals surface area contributed by atoms with Gasteiger partial charge in [-0.1, -0.05) is 18.7 Å². The lowest BCUT2D eigenvalue weighted by Gasteiger charge is -2.07. The number of rotatable bonds is 6. The zero-order chi connectivity index (χ0) is 20.3. The average molecular weight is 380 g/mol. The van der Waals surface area contributed by atoms with Crippen molar-refractivity contribution >= 4 is 17.5 Å². The monoisotopic (exact) mass is 380 g/mol. The third kappa shape index (κ3) is 3.75. The molecule has 8 heteroatoms. The van der Waals surface area contributed by atoms with Crippen molar-refractivity contribution in [1.29, 1.82) is 0 Å². The molecule has 28 heavy (non-hydrogen) atoms. The molecule has 142 valence electrons. The van der Waals surface area contributed by atoms with Crippen LogP contribution in [0.2, 0.25) is 0 Å². The molecule has 0 unspecified atom stereocenters. The summed E-state index contributed by atoms with van der Waals surface area (Å²) >= 11 is 0. The summed E-state index contributed by atoms with van der Waals surface area (Å²) in [6.45, 7) is 3.40. The van der Waals surface area contributed by atoms with E-state index in [1.807, 2.05) is 0 Å². The molecule has 0 spiro atoms. The van der Waals surface area contributed by atoms with Gasteiger partial charge in [-0.25, -0.2) is 4.68 Å². The van der Waals surface area contributed by atoms with E-state index in [9.17, 15) is 14.0 Å². The number of aromatic nitrogens is 2. The highest BCUT2D eigenvalue weighted by Gasteiger charge is 2.16. The van der Waals surface area contributed by atoms with Crippen LogP contribution >= 0.6 is 0 Å². The topological polar surface area (TPSA) is 99.2 Å². The lowest BCUT2D eigenvalue weighted by Crippen LogP contribution is -2.12. The number of benzene rings is 2. The normalized spacial score (nSPS) is 10.4. The van der Waals surface area contributed by atoms with Crippen LogP contribution in [0.3, 0.4) is 0 Å². The Balaban J connectivity index is 1.98. The highest BCUT2D eigenvalue weighted by Crippen LogP contribution is 2.29. The number of primary amides is 1. The number of ether oxygens (including phenoxy) is 1. The quantitative estimate of drug-likeness (QED) is 0.642. The number of carbonyl (C=O) groups is 2. The molecule has 0 aliphatic carbocycles. The molecule has 0 saturated heterocycles. The molecule has 0 radical (unpaired) electrons. The Labute approximate surface area is 160 Å².